The van der Waals surface area contributed by atoms with Crippen LogP contribution in [-0.4, -0.2) is 96.7 Å². The minimum Gasteiger partial charge on any atom is -0.303 e. The molecule has 0 saturated carbocycles. The highest BCUT2D eigenvalue weighted by Gasteiger charge is 2.09. The molecule has 242 valence electrons. The van der Waals surface area contributed by atoms with E-state index in [0.717, 1.165) is 70.6 Å². The highest BCUT2D eigenvalue weighted by Crippen LogP contribution is 2.28. The maximum atomic E-state index is 10.5. The van der Waals surface area contributed by atoms with Gasteiger partial charge in [0.15, 0.2) is 8.68 Å². The number of hydrogen-bond acceptors (Lipinski definition) is 11. The molecule has 0 radical (unpaired) electrons. The molecule has 0 fully saturated rings. The molecule has 0 saturated heterocycles. The summed E-state index contributed by atoms with van der Waals surface area (Å²) in [5.74, 6) is 2.20. The van der Waals surface area contributed by atoms with E-state index in [1.807, 2.05) is 37.4 Å². The van der Waals surface area contributed by atoms with Crippen LogP contribution in [0.25, 0.3) is 0 Å². The predicted molar refractivity (Wildman–Crippen MR) is 179 cm³/mol. The van der Waals surface area contributed by atoms with Gasteiger partial charge in [0.1, 0.15) is 0 Å². The molecule has 3 aromatic rings. The van der Waals surface area contributed by atoms with E-state index in [9.17, 15) is 16.8 Å². The first-order valence-electron chi connectivity index (χ1n) is 13.8. The lowest BCUT2D eigenvalue weighted by Crippen LogP contribution is -2.25. The summed E-state index contributed by atoms with van der Waals surface area (Å²) in [6.45, 7) is 19.3. The molecule has 0 spiro atoms. The fraction of sp³-hybridized carbons (Fsp3) is 0.500. The summed E-state index contributed by atoms with van der Waals surface area (Å²) in [4.78, 5) is 4.74. The Morgan fingerprint density at radius 3 is 1.19 bits per heavy atom. The number of aromatic nitrogens is 2. The molecular formula is C28H44N4O6S5. The van der Waals surface area contributed by atoms with Gasteiger partial charge in [0, 0.05) is 24.6 Å². The van der Waals surface area contributed by atoms with E-state index in [2.05, 4.69) is 47.7 Å². The maximum Gasteiger partial charge on any atom is 0.294 e. The molecule has 0 bridgehead atoms. The van der Waals surface area contributed by atoms with Crippen LogP contribution in [0.4, 0.5) is 0 Å². The summed E-state index contributed by atoms with van der Waals surface area (Å²) in [6.07, 6.45) is 0. The van der Waals surface area contributed by atoms with Gasteiger partial charge in [-0.1, -0.05) is 97.9 Å². The highest BCUT2D eigenvalue weighted by atomic mass is 32.2. The van der Waals surface area contributed by atoms with Gasteiger partial charge >= 0.3 is 0 Å². The smallest absolute Gasteiger partial charge is 0.294 e. The SMILES string of the molecule is CCN(CC)CCSc1nnc(SCCN(CC)CC)s1.Cc1ccc(S(=O)(=O)O)cc1.Cc1ccc(S(=O)(=O)O)cc1. The Balaban J connectivity index is 0.000000353. The third-order valence-electron chi connectivity index (χ3n) is 6.08. The molecule has 3 rings (SSSR count). The van der Waals surface area contributed by atoms with Crippen molar-refractivity contribution in [1.82, 2.24) is 20.0 Å². The molecule has 1 aromatic heterocycles. The van der Waals surface area contributed by atoms with E-state index in [1.165, 1.54) is 24.3 Å². The topological polar surface area (TPSA) is 141 Å². The van der Waals surface area contributed by atoms with Crippen LogP contribution >= 0.6 is 34.9 Å². The fourth-order valence-corrected chi connectivity index (χ4v) is 7.46. The van der Waals surface area contributed by atoms with Crippen LogP contribution < -0.4 is 0 Å². The Morgan fingerprint density at radius 2 is 0.930 bits per heavy atom. The monoisotopic (exact) mass is 692 g/mol. The fourth-order valence-electron chi connectivity index (χ4n) is 3.34. The van der Waals surface area contributed by atoms with Gasteiger partial charge in [0.05, 0.1) is 9.79 Å². The first-order chi connectivity index (χ1) is 20.2. The van der Waals surface area contributed by atoms with Gasteiger partial charge in [-0.05, 0) is 64.3 Å². The molecule has 0 amide bonds. The molecule has 0 aliphatic carbocycles. The largest absolute Gasteiger partial charge is 0.303 e. The second-order valence-corrected chi connectivity index (χ2v) is 15.7. The van der Waals surface area contributed by atoms with Crippen LogP contribution in [-0.2, 0) is 20.2 Å². The average molecular weight is 693 g/mol. The van der Waals surface area contributed by atoms with Gasteiger partial charge in [-0.15, -0.1) is 10.2 Å². The van der Waals surface area contributed by atoms with Crippen LogP contribution in [0.1, 0.15) is 38.8 Å². The van der Waals surface area contributed by atoms with Gasteiger partial charge in [0.2, 0.25) is 0 Å². The highest BCUT2D eigenvalue weighted by molar-refractivity contribution is 8.03. The maximum absolute atomic E-state index is 10.5. The Bertz CT molecular complexity index is 1290. The number of aryl methyl sites for hydroxylation is 2. The van der Waals surface area contributed by atoms with Crippen molar-refractivity contribution in [2.45, 2.75) is 60.0 Å². The molecule has 2 aromatic carbocycles. The zero-order chi connectivity index (χ0) is 32.5. The molecule has 0 unspecified atom stereocenters. The second-order valence-electron chi connectivity index (χ2n) is 9.16. The normalized spacial score (nSPS) is 11.6. The quantitative estimate of drug-likeness (QED) is 0.154. The van der Waals surface area contributed by atoms with Crippen molar-refractivity contribution >= 4 is 55.1 Å². The van der Waals surface area contributed by atoms with Crippen molar-refractivity contribution in [1.29, 1.82) is 0 Å². The Labute approximate surface area is 270 Å². The van der Waals surface area contributed by atoms with Crippen molar-refractivity contribution in [3.05, 3.63) is 59.7 Å². The lowest BCUT2D eigenvalue weighted by molar-refractivity contribution is 0.324. The lowest BCUT2D eigenvalue weighted by Gasteiger charge is -2.16. The number of thioether (sulfide) groups is 2. The standard InChI is InChI=1S/C14H28N4S3.2C7H8O3S/c1-5-17(6-2)9-11-19-13-15-16-14(21-13)20-12-10-18(7-3)8-4;2*1-6-2-4-7(5-3-6)11(8,9)10/h5-12H2,1-4H3;2*2-5H,1H3,(H,8,9,10). The van der Waals surface area contributed by atoms with E-state index in [4.69, 9.17) is 9.11 Å². The van der Waals surface area contributed by atoms with Crippen molar-refractivity contribution in [3.8, 4) is 0 Å². The summed E-state index contributed by atoms with van der Waals surface area (Å²) in [7, 11) is -8.04. The first-order valence-corrected chi connectivity index (χ1v) is 19.5. The third-order valence-corrected chi connectivity index (χ3v) is 11.0. The number of hydrogen-bond donors (Lipinski definition) is 2. The summed E-state index contributed by atoms with van der Waals surface area (Å²) in [5, 5.41) is 8.56. The first kappa shape index (κ1) is 39.5. The second kappa shape index (κ2) is 20.5. The van der Waals surface area contributed by atoms with Gasteiger partial charge in [-0.3, -0.25) is 9.11 Å². The molecular weight excluding hydrogens is 649 g/mol. The third kappa shape index (κ3) is 16.9. The average Bonchev–Trinajstić information content (AvgIpc) is 3.41. The van der Waals surface area contributed by atoms with Crippen LogP contribution in [0, 0.1) is 13.8 Å². The van der Waals surface area contributed by atoms with Crippen molar-refractivity contribution in [2.75, 3.05) is 50.8 Å². The van der Waals surface area contributed by atoms with Gasteiger partial charge in [-0.25, -0.2) is 0 Å². The van der Waals surface area contributed by atoms with Crippen LogP contribution in [0.15, 0.2) is 67.0 Å². The van der Waals surface area contributed by atoms with Gasteiger partial charge in [0.25, 0.3) is 20.2 Å². The number of nitrogens with zero attached hydrogens (tertiary/aromatic N) is 4. The Hall–Kier alpha value is -1.56. The Morgan fingerprint density at radius 1 is 0.628 bits per heavy atom. The minimum atomic E-state index is -4.02. The van der Waals surface area contributed by atoms with Crippen LogP contribution in [0.2, 0.25) is 0 Å². The number of benzene rings is 2. The molecule has 10 nitrogen and oxygen atoms in total. The van der Waals surface area contributed by atoms with Crippen LogP contribution in [0.3, 0.4) is 0 Å². The molecule has 1 heterocycles. The van der Waals surface area contributed by atoms with Crippen molar-refractivity contribution in [3.63, 3.8) is 0 Å². The summed E-state index contributed by atoms with van der Waals surface area (Å²) in [5.41, 5.74) is 1.91. The molecule has 43 heavy (non-hydrogen) atoms. The van der Waals surface area contributed by atoms with Crippen LogP contribution in [0.5, 0.6) is 0 Å². The summed E-state index contributed by atoms with van der Waals surface area (Å²) >= 11 is 5.39. The predicted octanol–water partition coefficient (Wildman–Crippen LogP) is 5.89. The summed E-state index contributed by atoms with van der Waals surface area (Å²) in [6, 6.07) is 12.0. The van der Waals surface area contributed by atoms with Gasteiger partial charge in [-0.2, -0.15) is 16.8 Å². The van der Waals surface area contributed by atoms with E-state index in [0.29, 0.717) is 0 Å². The molecule has 0 aliphatic rings. The van der Waals surface area contributed by atoms with Crippen molar-refractivity contribution < 1.29 is 25.9 Å². The van der Waals surface area contributed by atoms with Crippen molar-refractivity contribution in [2.24, 2.45) is 0 Å². The molecule has 2 N–H and O–H groups in total. The molecule has 15 heteroatoms. The molecule has 0 atom stereocenters. The molecule has 0 aliphatic heterocycles. The van der Waals surface area contributed by atoms with E-state index < -0.39 is 20.2 Å². The zero-order valence-corrected chi connectivity index (χ0v) is 29.7. The van der Waals surface area contributed by atoms with E-state index in [-0.39, 0.29) is 9.79 Å². The minimum absolute atomic E-state index is 0.0666. The number of rotatable bonds is 14. The van der Waals surface area contributed by atoms with Gasteiger partial charge < -0.3 is 9.80 Å². The lowest BCUT2D eigenvalue weighted by atomic mass is 10.2. The van der Waals surface area contributed by atoms with E-state index >= 15 is 0 Å². The summed E-state index contributed by atoms with van der Waals surface area (Å²) < 4.78 is 61.3. The zero-order valence-electron chi connectivity index (χ0n) is 25.6. The van der Waals surface area contributed by atoms with E-state index in [1.54, 1.807) is 35.6 Å². The Kier molecular flexibility index (Phi) is 18.8.